The van der Waals surface area contributed by atoms with Crippen molar-refractivity contribution < 1.29 is 9.13 Å². The highest BCUT2D eigenvalue weighted by molar-refractivity contribution is 6.17. The number of alkyl halides is 1. The van der Waals surface area contributed by atoms with Crippen LogP contribution >= 0.6 is 11.6 Å². The molecular formula is C14H14ClFN4O. The topological polar surface area (TPSA) is 44.9 Å². The first-order valence-corrected chi connectivity index (χ1v) is 6.91. The van der Waals surface area contributed by atoms with Crippen LogP contribution in [0.15, 0.2) is 18.2 Å². The lowest BCUT2D eigenvalue weighted by Crippen LogP contribution is -2.06. The number of hydrogen-bond acceptors (Lipinski definition) is 3. The molecule has 0 saturated carbocycles. The van der Waals surface area contributed by atoms with E-state index in [4.69, 9.17) is 16.3 Å². The molecule has 0 aliphatic heterocycles. The van der Waals surface area contributed by atoms with Crippen LogP contribution < -0.4 is 4.74 Å². The number of ether oxygens (including phenoxy) is 1. The van der Waals surface area contributed by atoms with E-state index in [1.807, 2.05) is 6.92 Å². The highest BCUT2D eigenvalue weighted by Gasteiger charge is 2.20. The summed E-state index contributed by atoms with van der Waals surface area (Å²) in [4.78, 5) is 4.46. The first-order chi connectivity index (χ1) is 10.1. The average molecular weight is 309 g/mol. The Labute approximate surface area is 125 Å². The molecule has 0 spiro atoms. The Hall–Kier alpha value is -2.08. The Morgan fingerprint density at radius 1 is 1.38 bits per heavy atom. The molecule has 5 nitrogen and oxygen atoms in total. The van der Waals surface area contributed by atoms with Crippen LogP contribution in [0.25, 0.3) is 16.9 Å². The van der Waals surface area contributed by atoms with Crippen LogP contribution in [-0.2, 0) is 12.9 Å². The standard InChI is InChI=1S/C14H14ClFN4O/c1-8-13-14(19(2)18-8)20(12(7-15)17-13)11-6-9(21-3)4-5-10(11)16/h4-6H,7H2,1-3H3. The highest BCUT2D eigenvalue weighted by Crippen LogP contribution is 2.28. The second kappa shape index (κ2) is 5.04. The fourth-order valence-corrected chi connectivity index (χ4v) is 2.63. The number of rotatable bonds is 3. The van der Waals surface area contributed by atoms with E-state index in [1.54, 1.807) is 28.4 Å². The van der Waals surface area contributed by atoms with Crippen molar-refractivity contribution in [3.63, 3.8) is 0 Å². The van der Waals surface area contributed by atoms with Crippen LogP contribution in [0.4, 0.5) is 4.39 Å². The molecule has 7 heteroatoms. The van der Waals surface area contributed by atoms with Gasteiger partial charge in [0.05, 0.1) is 24.4 Å². The third kappa shape index (κ3) is 2.06. The van der Waals surface area contributed by atoms with Gasteiger partial charge in [-0.3, -0.25) is 4.57 Å². The molecule has 0 saturated heterocycles. The Morgan fingerprint density at radius 3 is 2.81 bits per heavy atom. The zero-order valence-corrected chi connectivity index (χ0v) is 12.6. The van der Waals surface area contributed by atoms with Crippen molar-refractivity contribution in [3.8, 4) is 11.4 Å². The van der Waals surface area contributed by atoms with Crippen LogP contribution in [0.5, 0.6) is 5.75 Å². The maximum atomic E-state index is 14.3. The molecule has 21 heavy (non-hydrogen) atoms. The summed E-state index contributed by atoms with van der Waals surface area (Å²) in [7, 11) is 3.33. The van der Waals surface area contributed by atoms with Gasteiger partial charge in [-0.25, -0.2) is 14.1 Å². The van der Waals surface area contributed by atoms with Crippen molar-refractivity contribution in [1.29, 1.82) is 0 Å². The lowest BCUT2D eigenvalue weighted by atomic mass is 10.2. The first-order valence-electron chi connectivity index (χ1n) is 6.37. The zero-order chi connectivity index (χ0) is 15.1. The van der Waals surface area contributed by atoms with E-state index in [9.17, 15) is 4.39 Å². The number of halogens is 2. The van der Waals surface area contributed by atoms with Crippen LogP contribution in [0.3, 0.4) is 0 Å². The van der Waals surface area contributed by atoms with E-state index in [0.29, 0.717) is 22.9 Å². The van der Waals surface area contributed by atoms with Crippen LogP contribution in [-0.4, -0.2) is 26.4 Å². The van der Waals surface area contributed by atoms with Gasteiger partial charge in [-0.05, 0) is 19.1 Å². The Bertz CT molecular complexity index is 824. The Morgan fingerprint density at radius 2 is 2.14 bits per heavy atom. The summed E-state index contributed by atoms with van der Waals surface area (Å²) in [5, 5.41) is 4.32. The third-order valence-corrected chi connectivity index (χ3v) is 3.62. The number of methoxy groups -OCH3 is 1. The van der Waals surface area contributed by atoms with Gasteiger partial charge in [-0.2, -0.15) is 5.10 Å². The van der Waals surface area contributed by atoms with Crippen molar-refractivity contribution in [2.24, 2.45) is 7.05 Å². The monoisotopic (exact) mass is 308 g/mol. The van der Waals surface area contributed by atoms with Crippen LogP contribution in [0.1, 0.15) is 11.5 Å². The van der Waals surface area contributed by atoms with E-state index in [0.717, 1.165) is 11.2 Å². The van der Waals surface area contributed by atoms with Gasteiger partial charge in [-0.1, -0.05) is 0 Å². The van der Waals surface area contributed by atoms with Gasteiger partial charge < -0.3 is 4.74 Å². The largest absolute Gasteiger partial charge is 0.497 e. The van der Waals surface area contributed by atoms with Crippen molar-refractivity contribution >= 4 is 22.8 Å². The maximum Gasteiger partial charge on any atom is 0.163 e. The molecule has 0 atom stereocenters. The minimum atomic E-state index is -0.375. The lowest BCUT2D eigenvalue weighted by Gasteiger charge is -2.11. The Balaban J connectivity index is 2.38. The summed E-state index contributed by atoms with van der Waals surface area (Å²) < 4.78 is 22.8. The van der Waals surface area contributed by atoms with Crippen molar-refractivity contribution in [3.05, 3.63) is 35.5 Å². The number of aryl methyl sites for hydroxylation is 2. The smallest absolute Gasteiger partial charge is 0.163 e. The van der Waals surface area contributed by atoms with E-state index >= 15 is 0 Å². The van der Waals surface area contributed by atoms with Crippen molar-refractivity contribution in [2.45, 2.75) is 12.8 Å². The summed E-state index contributed by atoms with van der Waals surface area (Å²) in [5.41, 5.74) is 2.54. The molecule has 0 aliphatic rings. The average Bonchev–Trinajstić information content (AvgIpc) is 2.98. The molecule has 2 aromatic heterocycles. The predicted octanol–water partition coefficient (Wildman–Crippen LogP) is 2.95. The summed E-state index contributed by atoms with van der Waals surface area (Å²) >= 11 is 5.97. The molecule has 3 rings (SSSR count). The molecule has 0 aliphatic carbocycles. The zero-order valence-electron chi connectivity index (χ0n) is 11.9. The molecule has 0 amide bonds. The van der Waals surface area contributed by atoms with Gasteiger partial charge in [0.1, 0.15) is 22.9 Å². The summed E-state index contributed by atoms with van der Waals surface area (Å²) in [6.45, 7) is 1.86. The van der Waals surface area contributed by atoms with Gasteiger partial charge >= 0.3 is 0 Å². The molecular weight excluding hydrogens is 295 g/mol. The minimum absolute atomic E-state index is 0.171. The molecule has 2 heterocycles. The number of nitrogens with zero attached hydrogens (tertiary/aromatic N) is 4. The van der Waals surface area contributed by atoms with Crippen molar-refractivity contribution in [1.82, 2.24) is 19.3 Å². The Kier molecular flexibility index (Phi) is 3.33. The predicted molar refractivity (Wildman–Crippen MR) is 78.6 cm³/mol. The molecule has 110 valence electrons. The molecule has 0 fully saturated rings. The van der Waals surface area contributed by atoms with Crippen molar-refractivity contribution in [2.75, 3.05) is 7.11 Å². The second-order valence-corrected chi connectivity index (χ2v) is 4.96. The van der Waals surface area contributed by atoms with Gasteiger partial charge in [0, 0.05) is 13.1 Å². The lowest BCUT2D eigenvalue weighted by molar-refractivity contribution is 0.413. The molecule has 3 aromatic rings. The van der Waals surface area contributed by atoms with Gasteiger partial charge in [-0.15, -0.1) is 11.6 Å². The SMILES string of the molecule is COc1ccc(F)c(-n2c(CCl)nc3c(C)nn(C)c32)c1. The molecule has 0 radical (unpaired) electrons. The number of hydrogen-bond donors (Lipinski definition) is 0. The normalized spacial score (nSPS) is 11.3. The molecule has 0 bridgehead atoms. The molecule has 1 aromatic carbocycles. The van der Waals surface area contributed by atoms with E-state index < -0.39 is 0 Å². The van der Waals surface area contributed by atoms with E-state index in [2.05, 4.69) is 10.1 Å². The third-order valence-electron chi connectivity index (χ3n) is 3.39. The summed E-state index contributed by atoms with van der Waals surface area (Å²) in [6, 6.07) is 4.55. The summed E-state index contributed by atoms with van der Waals surface area (Å²) in [5.74, 6) is 0.924. The highest BCUT2D eigenvalue weighted by atomic mass is 35.5. The quantitative estimate of drug-likeness (QED) is 0.699. The molecule has 0 unspecified atom stereocenters. The fraction of sp³-hybridized carbons (Fsp3) is 0.286. The number of benzene rings is 1. The second-order valence-electron chi connectivity index (χ2n) is 4.70. The van der Waals surface area contributed by atoms with Gasteiger partial charge in [0.2, 0.25) is 0 Å². The number of imidazole rings is 1. The van der Waals surface area contributed by atoms with Gasteiger partial charge in [0.25, 0.3) is 0 Å². The number of fused-ring (bicyclic) bond motifs is 1. The summed E-state index contributed by atoms with van der Waals surface area (Å²) in [6.07, 6.45) is 0. The van der Waals surface area contributed by atoms with Crippen LogP contribution in [0, 0.1) is 12.7 Å². The van der Waals surface area contributed by atoms with E-state index in [-0.39, 0.29) is 11.7 Å². The minimum Gasteiger partial charge on any atom is -0.497 e. The first kappa shape index (κ1) is 13.9. The van der Waals surface area contributed by atoms with E-state index in [1.165, 1.54) is 13.2 Å². The maximum absolute atomic E-state index is 14.3. The van der Waals surface area contributed by atoms with Crippen LogP contribution in [0.2, 0.25) is 0 Å². The molecule has 0 N–H and O–H groups in total. The number of aromatic nitrogens is 4. The fourth-order valence-electron chi connectivity index (χ4n) is 2.45. The van der Waals surface area contributed by atoms with Gasteiger partial charge in [0.15, 0.2) is 5.65 Å².